The molecule has 0 saturated carbocycles. The number of nitrogens with two attached hydrogens (primary N) is 1. The number of fused-ring (bicyclic) bond motifs is 1. The van der Waals surface area contributed by atoms with Crippen LogP contribution < -0.4 is 11.5 Å². The van der Waals surface area contributed by atoms with Crippen molar-refractivity contribution >= 4 is 22.8 Å². The number of carbonyl (C=O) groups is 2. The van der Waals surface area contributed by atoms with Crippen LogP contribution in [-0.2, 0) is 11.3 Å². The predicted octanol–water partition coefficient (Wildman–Crippen LogP) is 1.06. The average molecular weight is 262 g/mol. The fraction of sp³-hybridized carbons (Fsp3) is 0.308. The number of aromatic nitrogens is 1. The number of carbonyl (C=O) groups excluding carboxylic acids is 2. The van der Waals surface area contributed by atoms with Crippen LogP contribution in [0.1, 0.15) is 30.1 Å². The molecule has 2 aromatic rings. The van der Waals surface area contributed by atoms with Crippen molar-refractivity contribution in [1.82, 2.24) is 4.57 Å². The molecule has 0 unspecified atom stereocenters. The summed E-state index contributed by atoms with van der Waals surface area (Å²) < 4.78 is 6.52. The van der Waals surface area contributed by atoms with Crippen LogP contribution >= 0.6 is 0 Å². The van der Waals surface area contributed by atoms with E-state index in [9.17, 15) is 14.4 Å². The first-order valence-corrected chi connectivity index (χ1v) is 5.91. The van der Waals surface area contributed by atoms with Crippen molar-refractivity contribution in [3.05, 3.63) is 34.3 Å². The average Bonchev–Trinajstić information content (AvgIpc) is 2.64. The van der Waals surface area contributed by atoms with Crippen LogP contribution in [0.4, 0.5) is 0 Å². The van der Waals surface area contributed by atoms with E-state index in [2.05, 4.69) is 0 Å². The fourth-order valence-electron chi connectivity index (χ4n) is 1.91. The third-order valence-corrected chi connectivity index (χ3v) is 2.88. The molecule has 0 aliphatic carbocycles. The minimum absolute atomic E-state index is 0.0916. The number of rotatable bonds is 5. The molecule has 1 heterocycles. The molecule has 6 heteroatoms. The van der Waals surface area contributed by atoms with Gasteiger partial charge in [0, 0.05) is 18.5 Å². The van der Waals surface area contributed by atoms with Gasteiger partial charge in [-0.1, -0.05) is 0 Å². The van der Waals surface area contributed by atoms with Crippen molar-refractivity contribution in [1.29, 1.82) is 0 Å². The first kappa shape index (κ1) is 13.1. The molecule has 0 spiro atoms. The SMILES string of the molecule is CC(=O)c1ccc2c(c1)oc(=O)n2CCCC(N)=O. The van der Waals surface area contributed by atoms with E-state index in [-0.39, 0.29) is 12.2 Å². The van der Waals surface area contributed by atoms with Crippen molar-refractivity contribution in [2.75, 3.05) is 0 Å². The molecule has 2 rings (SSSR count). The normalized spacial score (nSPS) is 10.8. The molecule has 1 aromatic heterocycles. The lowest BCUT2D eigenvalue weighted by Gasteiger charge is -2.01. The van der Waals surface area contributed by atoms with E-state index >= 15 is 0 Å². The third-order valence-electron chi connectivity index (χ3n) is 2.88. The summed E-state index contributed by atoms with van der Waals surface area (Å²) in [5.41, 5.74) is 6.52. The van der Waals surface area contributed by atoms with Gasteiger partial charge in [-0.2, -0.15) is 0 Å². The summed E-state index contributed by atoms with van der Waals surface area (Å²) in [5.74, 6) is -0.995. The van der Waals surface area contributed by atoms with Crippen LogP contribution in [0, 0.1) is 0 Å². The molecule has 1 amide bonds. The van der Waals surface area contributed by atoms with Crippen LogP contribution in [0.3, 0.4) is 0 Å². The van der Waals surface area contributed by atoms with E-state index < -0.39 is 11.7 Å². The highest BCUT2D eigenvalue weighted by Gasteiger charge is 2.11. The van der Waals surface area contributed by atoms with E-state index in [0.29, 0.717) is 29.6 Å². The monoisotopic (exact) mass is 262 g/mol. The maximum absolute atomic E-state index is 11.7. The molecule has 0 aliphatic rings. The second-order valence-corrected chi connectivity index (χ2v) is 4.33. The molecule has 1 aromatic carbocycles. The van der Waals surface area contributed by atoms with Crippen LogP contribution in [0.15, 0.2) is 27.4 Å². The number of hydrogen-bond acceptors (Lipinski definition) is 4. The van der Waals surface area contributed by atoms with Crippen molar-refractivity contribution in [3.8, 4) is 0 Å². The van der Waals surface area contributed by atoms with E-state index in [1.54, 1.807) is 18.2 Å². The molecule has 6 nitrogen and oxygen atoms in total. The Bertz CT molecular complexity index is 696. The van der Waals surface area contributed by atoms with Gasteiger partial charge in [0.2, 0.25) is 5.91 Å². The summed E-state index contributed by atoms with van der Waals surface area (Å²) in [6.45, 7) is 1.80. The van der Waals surface area contributed by atoms with Crippen LogP contribution in [0.2, 0.25) is 0 Å². The molecule has 0 fully saturated rings. The second kappa shape index (κ2) is 5.09. The number of benzene rings is 1. The second-order valence-electron chi connectivity index (χ2n) is 4.33. The number of Topliss-reactive ketones (excluding diaryl/α,β-unsaturated/α-hetero) is 1. The topological polar surface area (TPSA) is 95.3 Å². The van der Waals surface area contributed by atoms with Gasteiger partial charge < -0.3 is 10.2 Å². The maximum atomic E-state index is 11.7. The number of ketones is 1. The molecule has 0 atom stereocenters. The van der Waals surface area contributed by atoms with Gasteiger partial charge >= 0.3 is 5.76 Å². The minimum atomic E-state index is -0.500. The lowest BCUT2D eigenvalue weighted by Crippen LogP contribution is -2.16. The zero-order valence-electron chi connectivity index (χ0n) is 10.5. The fourth-order valence-corrected chi connectivity index (χ4v) is 1.91. The van der Waals surface area contributed by atoms with Crippen LogP contribution in [-0.4, -0.2) is 16.3 Å². The quantitative estimate of drug-likeness (QED) is 0.815. The Morgan fingerprint density at radius 2 is 2.11 bits per heavy atom. The molecular weight excluding hydrogens is 248 g/mol. The van der Waals surface area contributed by atoms with Gasteiger partial charge in [0.05, 0.1) is 5.52 Å². The van der Waals surface area contributed by atoms with Gasteiger partial charge in [0.1, 0.15) is 0 Å². The molecule has 0 bridgehead atoms. The highest BCUT2D eigenvalue weighted by atomic mass is 16.4. The first-order valence-electron chi connectivity index (χ1n) is 5.91. The Labute approximate surface area is 108 Å². The first-order chi connectivity index (χ1) is 8.99. The van der Waals surface area contributed by atoms with E-state index in [0.717, 1.165) is 0 Å². The Balaban J connectivity index is 2.34. The van der Waals surface area contributed by atoms with Crippen molar-refractivity contribution in [3.63, 3.8) is 0 Å². The number of primary amides is 1. The smallest absolute Gasteiger partial charge is 0.408 e. The molecule has 0 aliphatic heterocycles. The van der Waals surface area contributed by atoms with Gasteiger partial charge in [-0.3, -0.25) is 14.2 Å². The molecule has 19 heavy (non-hydrogen) atoms. The van der Waals surface area contributed by atoms with E-state index in [1.807, 2.05) is 0 Å². The molecule has 0 radical (unpaired) electrons. The van der Waals surface area contributed by atoms with Crippen molar-refractivity contribution < 1.29 is 14.0 Å². The summed E-state index contributed by atoms with van der Waals surface area (Å²) in [6, 6.07) is 4.86. The van der Waals surface area contributed by atoms with Gasteiger partial charge in [-0.15, -0.1) is 0 Å². The van der Waals surface area contributed by atoms with Crippen LogP contribution in [0.5, 0.6) is 0 Å². The van der Waals surface area contributed by atoms with Crippen LogP contribution in [0.25, 0.3) is 11.1 Å². The number of nitrogens with zero attached hydrogens (tertiary/aromatic N) is 1. The highest BCUT2D eigenvalue weighted by Crippen LogP contribution is 2.16. The Kier molecular flexibility index (Phi) is 3.50. The highest BCUT2D eigenvalue weighted by molar-refractivity contribution is 5.96. The number of amides is 1. The van der Waals surface area contributed by atoms with Gasteiger partial charge in [-0.25, -0.2) is 4.79 Å². The zero-order chi connectivity index (χ0) is 14.0. The molecule has 0 saturated heterocycles. The van der Waals surface area contributed by atoms with Crippen molar-refractivity contribution in [2.24, 2.45) is 5.73 Å². The van der Waals surface area contributed by atoms with E-state index in [1.165, 1.54) is 11.5 Å². The van der Waals surface area contributed by atoms with E-state index in [4.69, 9.17) is 10.2 Å². The third kappa shape index (κ3) is 2.73. The molecule has 2 N–H and O–H groups in total. The lowest BCUT2D eigenvalue weighted by atomic mass is 10.1. The largest absolute Gasteiger partial charge is 0.419 e. The summed E-state index contributed by atoms with van der Waals surface area (Å²) in [4.78, 5) is 33.6. The summed E-state index contributed by atoms with van der Waals surface area (Å²) in [7, 11) is 0. The maximum Gasteiger partial charge on any atom is 0.419 e. The molecule has 100 valence electrons. The standard InChI is InChI=1S/C13H14N2O4/c1-8(16)9-4-5-10-11(7-9)19-13(18)15(10)6-2-3-12(14)17/h4-5,7H,2-3,6H2,1H3,(H2,14,17). The zero-order valence-corrected chi connectivity index (χ0v) is 10.5. The number of aryl methyl sites for hydroxylation is 1. The van der Waals surface area contributed by atoms with Gasteiger partial charge in [-0.05, 0) is 31.5 Å². The number of hydrogen-bond donors (Lipinski definition) is 1. The summed E-state index contributed by atoms with van der Waals surface area (Å²) in [5, 5.41) is 0. The van der Waals surface area contributed by atoms with Gasteiger partial charge in [0.15, 0.2) is 11.4 Å². The summed E-state index contributed by atoms with van der Waals surface area (Å²) in [6.07, 6.45) is 0.684. The summed E-state index contributed by atoms with van der Waals surface area (Å²) >= 11 is 0. The Morgan fingerprint density at radius 1 is 1.37 bits per heavy atom. The van der Waals surface area contributed by atoms with Crippen molar-refractivity contribution in [2.45, 2.75) is 26.3 Å². The molecular formula is C13H14N2O4. The number of oxazole rings is 1. The minimum Gasteiger partial charge on any atom is -0.408 e. The van der Waals surface area contributed by atoms with Gasteiger partial charge in [0.25, 0.3) is 0 Å². The lowest BCUT2D eigenvalue weighted by molar-refractivity contribution is -0.118. The predicted molar refractivity (Wildman–Crippen MR) is 68.9 cm³/mol. The Morgan fingerprint density at radius 3 is 2.74 bits per heavy atom. The Hall–Kier alpha value is -2.37.